The van der Waals surface area contributed by atoms with Gasteiger partial charge in [0, 0.05) is 49.7 Å². The van der Waals surface area contributed by atoms with Gasteiger partial charge in [-0.25, -0.2) is 0 Å². The average molecular weight is 555 g/mol. The summed E-state index contributed by atoms with van der Waals surface area (Å²) in [6, 6.07) is 23.3. The highest BCUT2D eigenvalue weighted by Gasteiger charge is 2.54. The van der Waals surface area contributed by atoms with E-state index in [9.17, 15) is 4.79 Å². The molecule has 3 aliphatic rings. The lowest BCUT2D eigenvalue weighted by Gasteiger charge is -2.57. The Kier molecular flexibility index (Phi) is 8.11. The molecule has 1 aliphatic heterocycles. The number of piperidine rings is 1. The van der Waals surface area contributed by atoms with Gasteiger partial charge >= 0.3 is 0 Å². The van der Waals surface area contributed by atoms with Crippen LogP contribution in [0.3, 0.4) is 0 Å². The van der Waals surface area contributed by atoms with Gasteiger partial charge in [-0.1, -0.05) is 56.3 Å². The molecule has 0 N–H and O–H groups in total. The molecule has 0 radical (unpaired) electrons. The molecule has 2 saturated carbocycles. The van der Waals surface area contributed by atoms with E-state index in [-0.39, 0.29) is 23.5 Å². The number of methoxy groups -OCH3 is 2. The molecule has 1 amide bonds. The van der Waals surface area contributed by atoms with Gasteiger partial charge in [0.25, 0.3) is 5.91 Å². The first-order valence-corrected chi connectivity index (χ1v) is 15.6. The predicted octanol–water partition coefficient (Wildman–Crippen LogP) is 6.79. The van der Waals surface area contributed by atoms with E-state index in [2.05, 4.69) is 66.1 Å². The Morgan fingerprint density at radius 1 is 1.02 bits per heavy atom. The number of rotatable bonds is 9. The average Bonchev–Trinajstić information content (AvgIpc) is 3.82. The first-order chi connectivity index (χ1) is 19.9. The standard InChI is InChI=1S/C36H46N2O3/c1-25(2)22-38(35(39)29-15-14-27-8-5-6-9-28(27)18-29)31-20-34(41-4)33-24-37(23-26-12-13-26)17-16-36(33,21-31)30-10-7-11-32(19-30)40-3/h5-11,14-15,18-19,25-26,31,33-34H,12-13,16-17,20-24H2,1-4H3/t31-,33-,34?,36-/m0/s1. The minimum Gasteiger partial charge on any atom is -0.497 e. The second-order valence-corrected chi connectivity index (χ2v) is 13.2. The Labute approximate surface area is 245 Å². The number of nitrogens with zero attached hydrogens (tertiary/aromatic N) is 2. The minimum atomic E-state index is -0.0723. The molecule has 3 aromatic rings. The number of carbonyl (C=O) groups excluding carboxylic acids is 1. The largest absolute Gasteiger partial charge is 0.497 e. The fourth-order valence-electron chi connectivity index (χ4n) is 7.77. The number of hydrogen-bond donors (Lipinski definition) is 0. The van der Waals surface area contributed by atoms with Gasteiger partial charge in [-0.15, -0.1) is 0 Å². The van der Waals surface area contributed by atoms with Crippen molar-refractivity contribution in [1.29, 1.82) is 0 Å². The van der Waals surface area contributed by atoms with Crippen LogP contribution < -0.4 is 4.74 Å². The Balaban J connectivity index is 1.37. The Hall–Kier alpha value is -2.89. The van der Waals surface area contributed by atoms with E-state index >= 15 is 0 Å². The first-order valence-electron chi connectivity index (χ1n) is 15.6. The van der Waals surface area contributed by atoms with Crippen LogP contribution in [-0.2, 0) is 10.2 Å². The maximum absolute atomic E-state index is 14.4. The smallest absolute Gasteiger partial charge is 0.254 e. The van der Waals surface area contributed by atoms with Crippen LogP contribution in [0.5, 0.6) is 5.75 Å². The zero-order valence-electron chi connectivity index (χ0n) is 25.2. The van der Waals surface area contributed by atoms with Gasteiger partial charge in [-0.2, -0.15) is 0 Å². The summed E-state index contributed by atoms with van der Waals surface area (Å²) in [6.07, 6.45) is 5.73. The van der Waals surface area contributed by atoms with E-state index in [1.165, 1.54) is 24.9 Å². The fourth-order valence-corrected chi connectivity index (χ4v) is 7.77. The van der Waals surface area contributed by atoms with Gasteiger partial charge in [0.1, 0.15) is 5.75 Å². The maximum atomic E-state index is 14.4. The van der Waals surface area contributed by atoms with E-state index in [1.54, 1.807) is 7.11 Å². The summed E-state index contributed by atoms with van der Waals surface area (Å²) in [6.45, 7) is 8.53. The SMILES string of the molecule is COc1cccc([C@@]23CCN(CC4CC4)C[C@H]2C(OC)C[C@H](N(CC(C)C)C(=O)c2ccc4ccccc4c2)C3)c1. The number of fused-ring (bicyclic) bond motifs is 2. The third kappa shape index (κ3) is 5.76. The Bertz CT molecular complexity index is 1370. The zero-order chi connectivity index (χ0) is 28.6. The fraction of sp³-hybridized carbons (Fsp3) is 0.528. The van der Waals surface area contributed by atoms with Crippen LogP contribution in [0.15, 0.2) is 66.7 Å². The summed E-state index contributed by atoms with van der Waals surface area (Å²) < 4.78 is 12.1. The van der Waals surface area contributed by atoms with Gasteiger partial charge in [-0.05, 0) is 91.1 Å². The molecule has 1 heterocycles. The third-order valence-corrected chi connectivity index (χ3v) is 10.0. The van der Waals surface area contributed by atoms with Crippen LogP contribution in [0, 0.1) is 17.8 Å². The van der Waals surface area contributed by atoms with Gasteiger partial charge in [0.05, 0.1) is 13.2 Å². The number of likely N-dealkylation sites (tertiary alicyclic amines) is 1. The van der Waals surface area contributed by atoms with E-state index in [1.807, 2.05) is 31.4 Å². The molecule has 2 aliphatic carbocycles. The summed E-state index contributed by atoms with van der Waals surface area (Å²) in [4.78, 5) is 19.2. The Morgan fingerprint density at radius 3 is 2.56 bits per heavy atom. The van der Waals surface area contributed by atoms with Crippen molar-refractivity contribution in [2.75, 3.05) is 40.4 Å². The highest BCUT2D eigenvalue weighted by molar-refractivity contribution is 5.98. The number of amides is 1. The number of benzene rings is 3. The number of hydrogen-bond acceptors (Lipinski definition) is 4. The van der Waals surface area contributed by atoms with Gasteiger partial charge in [0.15, 0.2) is 0 Å². The normalized spacial score (nSPS) is 26.6. The van der Waals surface area contributed by atoms with E-state index in [4.69, 9.17) is 9.47 Å². The van der Waals surface area contributed by atoms with Crippen LogP contribution in [-0.4, -0.2) is 68.3 Å². The molecule has 0 bridgehead atoms. The van der Waals surface area contributed by atoms with Gasteiger partial charge in [-0.3, -0.25) is 4.79 Å². The number of carbonyl (C=O) groups is 1. The third-order valence-electron chi connectivity index (χ3n) is 10.0. The summed E-state index contributed by atoms with van der Waals surface area (Å²) in [7, 11) is 3.63. The van der Waals surface area contributed by atoms with Crippen LogP contribution in [0.2, 0.25) is 0 Å². The van der Waals surface area contributed by atoms with Crippen LogP contribution in [0.1, 0.15) is 61.9 Å². The van der Waals surface area contributed by atoms with Gasteiger partial charge < -0.3 is 19.3 Å². The molecule has 218 valence electrons. The van der Waals surface area contributed by atoms with E-state index < -0.39 is 0 Å². The molecule has 3 fully saturated rings. The first kappa shape index (κ1) is 28.2. The van der Waals surface area contributed by atoms with Crippen molar-refractivity contribution >= 4 is 16.7 Å². The molecule has 5 nitrogen and oxygen atoms in total. The molecule has 41 heavy (non-hydrogen) atoms. The second-order valence-electron chi connectivity index (χ2n) is 13.2. The summed E-state index contributed by atoms with van der Waals surface area (Å²) in [5.41, 5.74) is 2.04. The van der Waals surface area contributed by atoms with Gasteiger partial charge in [0.2, 0.25) is 0 Å². The van der Waals surface area contributed by atoms with Crippen molar-refractivity contribution in [2.45, 2.75) is 63.5 Å². The molecule has 4 atom stereocenters. The molecule has 5 heteroatoms. The summed E-state index contributed by atoms with van der Waals surface area (Å²) in [5, 5.41) is 2.27. The Morgan fingerprint density at radius 2 is 1.83 bits per heavy atom. The molecule has 1 unspecified atom stereocenters. The second kappa shape index (κ2) is 11.8. The zero-order valence-corrected chi connectivity index (χ0v) is 25.2. The monoisotopic (exact) mass is 554 g/mol. The van der Waals surface area contributed by atoms with Crippen molar-refractivity contribution in [3.63, 3.8) is 0 Å². The van der Waals surface area contributed by atoms with Crippen LogP contribution >= 0.6 is 0 Å². The predicted molar refractivity (Wildman–Crippen MR) is 166 cm³/mol. The maximum Gasteiger partial charge on any atom is 0.254 e. The lowest BCUT2D eigenvalue weighted by molar-refractivity contribution is -0.0824. The molecule has 0 aromatic heterocycles. The van der Waals surface area contributed by atoms with Crippen molar-refractivity contribution in [1.82, 2.24) is 9.80 Å². The molecule has 0 spiro atoms. The topological polar surface area (TPSA) is 42.0 Å². The van der Waals surface area contributed by atoms with Crippen LogP contribution in [0.4, 0.5) is 0 Å². The van der Waals surface area contributed by atoms with Crippen LogP contribution in [0.25, 0.3) is 10.8 Å². The summed E-state index contributed by atoms with van der Waals surface area (Å²) >= 11 is 0. The van der Waals surface area contributed by atoms with E-state index in [0.29, 0.717) is 11.8 Å². The number of ether oxygens (including phenoxy) is 2. The lowest BCUT2D eigenvalue weighted by Crippen LogP contribution is -2.62. The molecule has 3 aromatic carbocycles. The van der Waals surface area contributed by atoms with Crippen molar-refractivity contribution < 1.29 is 14.3 Å². The minimum absolute atomic E-state index is 0.0723. The highest BCUT2D eigenvalue weighted by atomic mass is 16.5. The quantitative estimate of drug-likeness (QED) is 0.292. The molecule has 6 rings (SSSR count). The van der Waals surface area contributed by atoms with Crippen molar-refractivity contribution in [2.24, 2.45) is 17.8 Å². The lowest BCUT2D eigenvalue weighted by atomic mass is 9.56. The van der Waals surface area contributed by atoms with E-state index in [0.717, 1.165) is 66.9 Å². The van der Waals surface area contributed by atoms with Crippen molar-refractivity contribution in [3.05, 3.63) is 77.9 Å². The molecular formula is C36H46N2O3. The van der Waals surface area contributed by atoms with Crippen molar-refractivity contribution in [3.8, 4) is 5.75 Å². The highest BCUT2D eigenvalue weighted by Crippen LogP contribution is 2.52. The summed E-state index contributed by atoms with van der Waals surface area (Å²) in [5.74, 6) is 2.65. The molecule has 1 saturated heterocycles. The molecular weight excluding hydrogens is 508 g/mol.